The van der Waals surface area contributed by atoms with Gasteiger partial charge in [0, 0.05) is 21.4 Å². The van der Waals surface area contributed by atoms with Crippen molar-refractivity contribution < 1.29 is 14.5 Å². The number of nitrogens with one attached hydrogen (secondary N) is 3. The maximum absolute atomic E-state index is 12.7. The summed E-state index contributed by atoms with van der Waals surface area (Å²) >= 11 is 12.1. The Morgan fingerprint density at radius 2 is 1.82 bits per heavy atom. The molecule has 7 heteroatoms. The summed E-state index contributed by atoms with van der Waals surface area (Å²) < 4.78 is 0. The van der Waals surface area contributed by atoms with Crippen molar-refractivity contribution in [1.29, 1.82) is 0 Å². The van der Waals surface area contributed by atoms with Crippen LogP contribution in [0, 0.1) is 6.92 Å². The number of amides is 2. The fourth-order valence-corrected chi connectivity index (χ4v) is 3.29. The van der Waals surface area contributed by atoms with E-state index in [0.717, 1.165) is 16.9 Å². The van der Waals surface area contributed by atoms with Crippen molar-refractivity contribution in [3.05, 3.63) is 58.1 Å². The quantitative estimate of drug-likeness (QED) is 0.608. The first-order valence-corrected chi connectivity index (χ1v) is 10.0. The van der Waals surface area contributed by atoms with Crippen LogP contribution < -0.4 is 15.5 Å². The molecule has 0 bridgehead atoms. The second-order valence-corrected chi connectivity index (χ2v) is 7.61. The Labute approximate surface area is 176 Å². The Bertz CT molecular complexity index is 842. The molecule has 2 rings (SSSR count). The first-order valence-electron chi connectivity index (χ1n) is 9.27. The van der Waals surface area contributed by atoms with Gasteiger partial charge < -0.3 is 15.5 Å². The molecule has 2 atom stereocenters. The highest BCUT2D eigenvalue weighted by atomic mass is 35.5. The number of hydrogen-bond acceptors (Lipinski definition) is 2. The number of hydrogen-bond donors (Lipinski definition) is 3. The van der Waals surface area contributed by atoms with E-state index in [-0.39, 0.29) is 18.4 Å². The topological polar surface area (TPSA) is 62.6 Å². The largest absolute Gasteiger partial charge is 0.321 e. The standard InChI is InChI=1S/C21H25Cl2N3O2/c1-4-11-26(13-20(27)25-19-10-6-9-18(23)14(19)2)15(3)21(28)24-17-8-5-7-16(22)12-17/h5-10,12,15H,4,11,13H2,1-3H3,(H,24,28)(H,25,27)/p+1/t15-/m1/s1. The predicted octanol–water partition coefficient (Wildman–Crippen LogP) is 3.56. The van der Waals surface area contributed by atoms with Crippen molar-refractivity contribution in [2.75, 3.05) is 23.7 Å². The molecular weight excluding hydrogens is 397 g/mol. The average Bonchev–Trinajstić information content (AvgIpc) is 2.64. The Kier molecular flexibility index (Phi) is 8.30. The van der Waals surface area contributed by atoms with Gasteiger partial charge in [-0.25, -0.2) is 0 Å². The van der Waals surface area contributed by atoms with Crippen molar-refractivity contribution in [3.8, 4) is 0 Å². The number of halogens is 2. The molecule has 0 aliphatic heterocycles. The summed E-state index contributed by atoms with van der Waals surface area (Å²) in [5.74, 6) is -0.311. The molecule has 1 unspecified atom stereocenters. The average molecular weight is 423 g/mol. The molecule has 2 aromatic carbocycles. The van der Waals surface area contributed by atoms with E-state index in [4.69, 9.17) is 23.2 Å². The third-order valence-corrected chi connectivity index (χ3v) is 5.24. The molecule has 0 saturated heterocycles. The molecule has 0 spiro atoms. The molecule has 0 fully saturated rings. The predicted molar refractivity (Wildman–Crippen MR) is 115 cm³/mol. The summed E-state index contributed by atoms with van der Waals surface area (Å²) in [6.07, 6.45) is 0.855. The van der Waals surface area contributed by atoms with Crippen LogP contribution in [0.1, 0.15) is 25.8 Å². The maximum Gasteiger partial charge on any atom is 0.282 e. The zero-order valence-corrected chi connectivity index (χ0v) is 17.8. The molecule has 5 nitrogen and oxygen atoms in total. The second-order valence-electron chi connectivity index (χ2n) is 6.77. The zero-order valence-electron chi connectivity index (χ0n) is 16.3. The van der Waals surface area contributed by atoms with Gasteiger partial charge in [0.05, 0.1) is 6.54 Å². The first kappa shape index (κ1) is 22.2. The normalized spacial score (nSPS) is 12.9. The van der Waals surface area contributed by atoms with E-state index in [9.17, 15) is 9.59 Å². The lowest BCUT2D eigenvalue weighted by Gasteiger charge is -2.24. The van der Waals surface area contributed by atoms with E-state index in [1.54, 1.807) is 36.4 Å². The number of carbonyl (C=O) groups excluding carboxylic acids is 2. The summed E-state index contributed by atoms with van der Waals surface area (Å²) in [6, 6.07) is 12.0. The number of benzene rings is 2. The summed E-state index contributed by atoms with van der Waals surface area (Å²) in [5, 5.41) is 6.92. The number of anilines is 2. The molecule has 28 heavy (non-hydrogen) atoms. The van der Waals surface area contributed by atoms with Gasteiger partial charge in [-0.05, 0) is 56.2 Å². The Balaban J connectivity index is 2.03. The minimum Gasteiger partial charge on any atom is -0.321 e. The van der Waals surface area contributed by atoms with E-state index < -0.39 is 6.04 Å². The highest BCUT2D eigenvalue weighted by molar-refractivity contribution is 6.31. The van der Waals surface area contributed by atoms with Crippen LogP contribution in [0.3, 0.4) is 0 Å². The highest BCUT2D eigenvalue weighted by Gasteiger charge is 2.27. The fourth-order valence-electron chi connectivity index (χ4n) is 2.92. The SMILES string of the molecule is CCC[NH+](CC(=O)Nc1cccc(Cl)c1C)[C@H](C)C(=O)Nc1cccc(Cl)c1. The lowest BCUT2D eigenvalue weighted by atomic mass is 10.2. The third-order valence-electron chi connectivity index (χ3n) is 4.60. The van der Waals surface area contributed by atoms with Gasteiger partial charge in [-0.3, -0.25) is 9.59 Å². The molecule has 0 aromatic heterocycles. The lowest BCUT2D eigenvalue weighted by Crippen LogP contribution is -3.17. The van der Waals surface area contributed by atoms with Gasteiger partial charge in [0.25, 0.3) is 11.8 Å². The molecule has 3 N–H and O–H groups in total. The fraction of sp³-hybridized carbons (Fsp3) is 0.333. The van der Waals surface area contributed by atoms with Gasteiger partial charge in [0.1, 0.15) is 0 Å². The van der Waals surface area contributed by atoms with Crippen LogP contribution in [0.5, 0.6) is 0 Å². The van der Waals surface area contributed by atoms with Crippen molar-refractivity contribution in [2.24, 2.45) is 0 Å². The molecule has 0 aliphatic carbocycles. The van der Waals surface area contributed by atoms with Crippen LogP contribution in [0.15, 0.2) is 42.5 Å². The maximum atomic E-state index is 12.7. The van der Waals surface area contributed by atoms with E-state index in [1.807, 2.05) is 26.8 Å². The lowest BCUT2D eigenvalue weighted by molar-refractivity contribution is -0.905. The van der Waals surface area contributed by atoms with Gasteiger partial charge in [-0.1, -0.05) is 42.3 Å². The molecule has 2 aromatic rings. The van der Waals surface area contributed by atoms with Crippen LogP contribution in [-0.2, 0) is 9.59 Å². The Morgan fingerprint density at radius 1 is 1.11 bits per heavy atom. The van der Waals surface area contributed by atoms with Gasteiger partial charge >= 0.3 is 0 Å². The Hall–Kier alpha value is -2.08. The van der Waals surface area contributed by atoms with Crippen LogP contribution >= 0.6 is 23.2 Å². The minimum atomic E-state index is -0.398. The zero-order chi connectivity index (χ0) is 20.7. The molecular formula is C21H26Cl2N3O2+. The van der Waals surface area contributed by atoms with E-state index in [1.165, 1.54) is 0 Å². The molecule has 0 heterocycles. The van der Waals surface area contributed by atoms with Crippen LogP contribution in [-0.4, -0.2) is 30.9 Å². The van der Waals surface area contributed by atoms with Gasteiger partial charge in [-0.15, -0.1) is 0 Å². The van der Waals surface area contributed by atoms with Gasteiger partial charge in [0.2, 0.25) is 0 Å². The number of rotatable bonds is 8. The van der Waals surface area contributed by atoms with Crippen LogP contribution in [0.2, 0.25) is 10.0 Å². The minimum absolute atomic E-state index is 0.155. The first-order chi connectivity index (χ1) is 13.3. The molecule has 0 aliphatic rings. The monoisotopic (exact) mass is 422 g/mol. The summed E-state index contributed by atoms with van der Waals surface area (Å²) in [4.78, 5) is 26.1. The van der Waals surface area contributed by atoms with Crippen LogP contribution in [0.25, 0.3) is 0 Å². The second kappa shape index (κ2) is 10.5. The summed E-state index contributed by atoms with van der Waals surface area (Å²) in [7, 11) is 0. The molecule has 150 valence electrons. The van der Waals surface area contributed by atoms with Crippen LogP contribution in [0.4, 0.5) is 11.4 Å². The number of quaternary nitrogens is 1. The summed E-state index contributed by atoms with van der Waals surface area (Å²) in [5.41, 5.74) is 2.14. The smallest absolute Gasteiger partial charge is 0.282 e. The van der Waals surface area contributed by atoms with Crippen molar-refractivity contribution >= 4 is 46.4 Å². The highest BCUT2D eigenvalue weighted by Crippen LogP contribution is 2.22. The van der Waals surface area contributed by atoms with E-state index in [0.29, 0.717) is 28.0 Å². The Morgan fingerprint density at radius 3 is 2.50 bits per heavy atom. The number of carbonyl (C=O) groups is 2. The van der Waals surface area contributed by atoms with Gasteiger partial charge in [0.15, 0.2) is 12.6 Å². The van der Waals surface area contributed by atoms with Gasteiger partial charge in [-0.2, -0.15) is 0 Å². The van der Waals surface area contributed by atoms with Crippen molar-refractivity contribution in [2.45, 2.75) is 33.2 Å². The van der Waals surface area contributed by atoms with E-state index >= 15 is 0 Å². The van der Waals surface area contributed by atoms with E-state index in [2.05, 4.69) is 10.6 Å². The van der Waals surface area contributed by atoms with Crippen molar-refractivity contribution in [3.63, 3.8) is 0 Å². The molecule has 0 saturated carbocycles. The third kappa shape index (κ3) is 6.23. The summed E-state index contributed by atoms with van der Waals surface area (Å²) in [6.45, 7) is 6.59. The molecule has 2 amide bonds. The molecule has 0 radical (unpaired) electrons. The van der Waals surface area contributed by atoms with Crippen molar-refractivity contribution in [1.82, 2.24) is 0 Å².